The van der Waals surface area contributed by atoms with E-state index in [2.05, 4.69) is 35.6 Å². The Bertz CT molecular complexity index is 720. The van der Waals surface area contributed by atoms with Gasteiger partial charge in [0.1, 0.15) is 0 Å². The molecule has 3 nitrogen and oxygen atoms in total. The molecule has 1 fully saturated rings. The third kappa shape index (κ3) is 2.61. The van der Waals surface area contributed by atoms with Crippen molar-refractivity contribution in [2.75, 3.05) is 13.1 Å². The number of hydrogen-bond donors (Lipinski definition) is 1. The van der Waals surface area contributed by atoms with Crippen LogP contribution in [0.15, 0.2) is 47.3 Å². The largest absolute Gasteiger partial charge is 0.316 e. The van der Waals surface area contributed by atoms with Gasteiger partial charge in [-0.3, -0.25) is 4.79 Å². The van der Waals surface area contributed by atoms with Gasteiger partial charge in [0.15, 0.2) is 0 Å². The number of aromatic nitrogens is 1. The Hall–Kier alpha value is -1.87. The van der Waals surface area contributed by atoms with E-state index < -0.39 is 0 Å². The molecule has 2 bridgehead atoms. The number of benzene rings is 1. The molecule has 1 aromatic heterocycles. The lowest BCUT2D eigenvalue weighted by Crippen LogP contribution is -2.44. The minimum absolute atomic E-state index is 0.192. The Morgan fingerprint density at radius 1 is 1.05 bits per heavy atom. The molecule has 0 saturated carbocycles. The number of nitrogens with one attached hydrogen (secondary N) is 1. The molecular weight excluding hydrogens is 272 g/mol. The number of fused-ring (bicyclic) bond motifs is 4. The molecule has 3 heterocycles. The molecule has 2 aliphatic rings. The Balaban J connectivity index is 1.60. The van der Waals surface area contributed by atoms with E-state index in [-0.39, 0.29) is 5.56 Å². The zero-order valence-corrected chi connectivity index (χ0v) is 12.8. The first-order valence-electron chi connectivity index (χ1n) is 8.28. The summed E-state index contributed by atoms with van der Waals surface area (Å²) in [6.45, 7) is 2.95. The second kappa shape index (κ2) is 5.73. The van der Waals surface area contributed by atoms with Crippen LogP contribution in [0.4, 0.5) is 0 Å². The topological polar surface area (TPSA) is 34.0 Å². The number of aryl methyl sites for hydroxylation is 2. The Morgan fingerprint density at radius 3 is 2.73 bits per heavy atom. The lowest BCUT2D eigenvalue weighted by molar-refractivity contribution is 0.257. The molecule has 0 spiro atoms. The van der Waals surface area contributed by atoms with Gasteiger partial charge in [0, 0.05) is 30.8 Å². The smallest absolute Gasteiger partial charge is 0.251 e. The predicted molar refractivity (Wildman–Crippen MR) is 88.3 cm³/mol. The van der Waals surface area contributed by atoms with Crippen molar-refractivity contribution in [3.8, 4) is 0 Å². The van der Waals surface area contributed by atoms with Gasteiger partial charge in [-0.1, -0.05) is 30.3 Å². The van der Waals surface area contributed by atoms with Gasteiger partial charge in [0.05, 0.1) is 0 Å². The first-order valence-corrected chi connectivity index (χ1v) is 8.28. The fraction of sp³-hybridized carbons (Fsp3) is 0.421. The number of piperidine rings is 1. The molecule has 4 rings (SSSR count). The lowest BCUT2D eigenvalue weighted by atomic mass is 9.83. The summed E-state index contributed by atoms with van der Waals surface area (Å²) in [6.07, 6.45) is 3.17. The van der Waals surface area contributed by atoms with Gasteiger partial charge in [-0.05, 0) is 48.9 Å². The lowest BCUT2D eigenvalue weighted by Gasteiger charge is -2.37. The van der Waals surface area contributed by atoms with Gasteiger partial charge in [-0.2, -0.15) is 0 Å². The highest BCUT2D eigenvalue weighted by atomic mass is 16.1. The Morgan fingerprint density at radius 2 is 1.86 bits per heavy atom. The van der Waals surface area contributed by atoms with Crippen LogP contribution in [0.1, 0.15) is 29.2 Å². The van der Waals surface area contributed by atoms with Gasteiger partial charge in [0.2, 0.25) is 0 Å². The van der Waals surface area contributed by atoms with E-state index in [1.54, 1.807) is 0 Å². The van der Waals surface area contributed by atoms with E-state index in [0.717, 1.165) is 32.5 Å². The van der Waals surface area contributed by atoms with E-state index >= 15 is 0 Å². The van der Waals surface area contributed by atoms with Crippen LogP contribution in [0, 0.1) is 5.92 Å². The van der Waals surface area contributed by atoms with Crippen molar-refractivity contribution in [1.82, 2.24) is 9.88 Å². The standard InChI is InChI=1S/C19H22N2O/c22-19-10-15(7-6-14-4-2-1-3-5-14)9-18-17-8-16(11-20-12-17)13-21(18)19/h1-5,9-10,16-17,20H,6-8,11-13H2/t16?,17-/m0/s1. The van der Waals surface area contributed by atoms with E-state index in [4.69, 9.17) is 0 Å². The van der Waals surface area contributed by atoms with Crippen LogP contribution in [0.3, 0.4) is 0 Å². The molecule has 1 unspecified atom stereocenters. The van der Waals surface area contributed by atoms with Crippen LogP contribution in [-0.4, -0.2) is 17.7 Å². The fourth-order valence-electron chi connectivity index (χ4n) is 3.94. The van der Waals surface area contributed by atoms with Crippen molar-refractivity contribution in [2.24, 2.45) is 5.92 Å². The summed E-state index contributed by atoms with van der Waals surface area (Å²) in [5.74, 6) is 1.14. The predicted octanol–water partition coefficient (Wildman–Crippen LogP) is 2.34. The van der Waals surface area contributed by atoms with Gasteiger partial charge in [-0.25, -0.2) is 0 Å². The summed E-state index contributed by atoms with van der Waals surface area (Å²) in [5.41, 5.74) is 3.96. The number of nitrogens with zero attached hydrogens (tertiary/aromatic N) is 1. The fourth-order valence-corrected chi connectivity index (χ4v) is 3.94. The maximum atomic E-state index is 12.5. The summed E-state index contributed by atoms with van der Waals surface area (Å²) in [4.78, 5) is 12.5. The summed E-state index contributed by atoms with van der Waals surface area (Å²) in [5, 5.41) is 3.51. The molecule has 1 aromatic carbocycles. The van der Waals surface area contributed by atoms with Gasteiger partial charge in [-0.15, -0.1) is 0 Å². The number of hydrogen-bond acceptors (Lipinski definition) is 2. The van der Waals surface area contributed by atoms with Gasteiger partial charge < -0.3 is 9.88 Å². The molecule has 0 amide bonds. The molecule has 2 aliphatic heterocycles. The molecule has 3 heteroatoms. The highest BCUT2D eigenvalue weighted by Gasteiger charge is 2.30. The molecule has 1 N–H and O–H groups in total. The molecule has 2 aromatic rings. The summed E-state index contributed by atoms with van der Waals surface area (Å²) in [7, 11) is 0. The molecule has 22 heavy (non-hydrogen) atoms. The molecule has 0 radical (unpaired) electrons. The third-order valence-corrected chi connectivity index (χ3v) is 5.07. The highest BCUT2D eigenvalue weighted by molar-refractivity contribution is 5.25. The molecule has 114 valence electrons. The van der Waals surface area contributed by atoms with Crippen LogP contribution in [0.5, 0.6) is 0 Å². The van der Waals surface area contributed by atoms with Crippen LogP contribution in [0.2, 0.25) is 0 Å². The van der Waals surface area contributed by atoms with Crippen LogP contribution >= 0.6 is 0 Å². The average molecular weight is 294 g/mol. The second-order valence-corrected chi connectivity index (χ2v) is 6.68. The quantitative estimate of drug-likeness (QED) is 0.943. The van der Waals surface area contributed by atoms with Crippen LogP contribution in [0.25, 0.3) is 0 Å². The number of rotatable bonds is 3. The first-order chi connectivity index (χ1) is 10.8. The van der Waals surface area contributed by atoms with Crippen molar-refractivity contribution in [2.45, 2.75) is 31.7 Å². The SMILES string of the molecule is O=c1cc(CCc2ccccc2)cc2n1CC1CNC[C@@H]2C1. The molecule has 0 aliphatic carbocycles. The van der Waals surface area contributed by atoms with Crippen molar-refractivity contribution >= 4 is 0 Å². The van der Waals surface area contributed by atoms with E-state index in [9.17, 15) is 4.79 Å². The molecule has 1 saturated heterocycles. The van der Waals surface area contributed by atoms with Crippen LogP contribution < -0.4 is 10.9 Å². The first kappa shape index (κ1) is 13.8. The highest BCUT2D eigenvalue weighted by Crippen LogP contribution is 2.32. The van der Waals surface area contributed by atoms with Gasteiger partial charge >= 0.3 is 0 Å². The van der Waals surface area contributed by atoms with Crippen molar-refractivity contribution in [3.63, 3.8) is 0 Å². The minimum atomic E-state index is 0.192. The summed E-state index contributed by atoms with van der Waals surface area (Å²) in [6, 6.07) is 14.6. The second-order valence-electron chi connectivity index (χ2n) is 6.68. The van der Waals surface area contributed by atoms with Gasteiger partial charge in [0.25, 0.3) is 5.56 Å². The molecule has 2 atom stereocenters. The van der Waals surface area contributed by atoms with Crippen molar-refractivity contribution in [1.29, 1.82) is 0 Å². The average Bonchev–Trinajstić information content (AvgIpc) is 2.55. The zero-order chi connectivity index (χ0) is 14.9. The summed E-state index contributed by atoms with van der Waals surface area (Å²) >= 11 is 0. The monoisotopic (exact) mass is 294 g/mol. The van der Waals surface area contributed by atoms with Crippen molar-refractivity contribution in [3.05, 3.63) is 69.6 Å². The summed E-state index contributed by atoms with van der Waals surface area (Å²) < 4.78 is 2.02. The maximum absolute atomic E-state index is 12.5. The zero-order valence-electron chi connectivity index (χ0n) is 12.8. The third-order valence-electron chi connectivity index (χ3n) is 5.07. The minimum Gasteiger partial charge on any atom is -0.316 e. The van der Waals surface area contributed by atoms with Crippen molar-refractivity contribution < 1.29 is 0 Å². The Kier molecular flexibility index (Phi) is 3.59. The normalized spacial score (nSPS) is 23.1. The number of pyridine rings is 1. The van der Waals surface area contributed by atoms with E-state index in [1.807, 2.05) is 16.7 Å². The van der Waals surface area contributed by atoms with Crippen LogP contribution in [-0.2, 0) is 19.4 Å². The Labute approximate surface area is 131 Å². The molecular formula is C19H22N2O. The maximum Gasteiger partial charge on any atom is 0.251 e. The van der Waals surface area contributed by atoms with E-state index in [1.165, 1.54) is 23.2 Å². The van der Waals surface area contributed by atoms with E-state index in [0.29, 0.717) is 11.8 Å².